The first-order valence-corrected chi connectivity index (χ1v) is 11.3. The zero-order valence-corrected chi connectivity index (χ0v) is 20.4. The van der Waals surface area contributed by atoms with Gasteiger partial charge < -0.3 is 24.7 Å². The highest BCUT2D eigenvalue weighted by atomic mass is 16.6. The Morgan fingerprint density at radius 3 is 2.03 bits per heavy atom. The summed E-state index contributed by atoms with van der Waals surface area (Å²) in [7, 11) is 0. The first kappa shape index (κ1) is 27.9. The van der Waals surface area contributed by atoms with Crippen molar-refractivity contribution in [3.63, 3.8) is 0 Å². The topological polar surface area (TPSA) is 94.6 Å². The van der Waals surface area contributed by atoms with E-state index in [1.165, 1.54) is 0 Å². The lowest BCUT2D eigenvalue weighted by molar-refractivity contribution is -0.174. The number of ether oxygens (including phenoxy) is 2. The molecule has 1 aliphatic heterocycles. The van der Waals surface area contributed by atoms with Gasteiger partial charge in [0, 0.05) is 58.9 Å². The van der Waals surface area contributed by atoms with E-state index in [2.05, 4.69) is 20.0 Å². The van der Waals surface area contributed by atoms with Crippen molar-refractivity contribution in [1.29, 1.82) is 0 Å². The van der Waals surface area contributed by atoms with Crippen LogP contribution in [-0.4, -0.2) is 122 Å². The van der Waals surface area contributed by atoms with Crippen molar-refractivity contribution < 1.29 is 24.2 Å². The molecule has 0 bridgehead atoms. The van der Waals surface area contributed by atoms with Crippen LogP contribution in [0.2, 0.25) is 0 Å². The number of carbonyl (C=O) groups excluding carboxylic acids is 2. The van der Waals surface area contributed by atoms with Crippen LogP contribution in [0, 0.1) is 0 Å². The zero-order chi connectivity index (χ0) is 23.5. The molecule has 1 rings (SSSR count). The van der Waals surface area contributed by atoms with Crippen molar-refractivity contribution in [2.24, 2.45) is 0 Å². The summed E-state index contributed by atoms with van der Waals surface area (Å²) in [5.41, 5.74) is -0.915. The molecule has 0 radical (unpaired) electrons. The molecule has 0 aliphatic carbocycles. The maximum Gasteiger partial charge on any atom is 0.320 e. The van der Waals surface area contributed by atoms with E-state index in [0.717, 1.165) is 25.9 Å². The van der Waals surface area contributed by atoms with Gasteiger partial charge in [-0.05, 0) is 41.5 Å². The molecule has 0 amide bonds. The van der Waals surface area contributed by atoms with Gasteiger partial charge in [0.15, 0.2) is 6.29 Å². The molecule has 1 fully saturated rings. The molecule has 0 aromatic carbocycles. The molecule has 31 heavy (non-hydrogen) atoms. The Hall–Kier alpha value is -1.10. The molecule has 0 aromatic heterocycles. The van der Waals surface area contributed by atoms with Crippen LogP contribution in [0.5, 0.6) is 0 Å². The minimum atomic E-state index is -0.864. The van der Waals surface area contributed by atoms with Crippen molar-refractivity contribution in [2.75, 3.05) is 72.0 Å². The maximum absolute atomic E-state index is 12.3. The lowest BCUT2D eigenvalue weighted by atomic mass is 10.2. The van der Waals surface area contributed by atoms with E-state index >= 15 is 0 Å². The van der Waals surface area contributed by atoms with Gasteiger partial charge in [0.2, 0.25) is 0 Å². The first-order chi connectivity index (χ1) is 14.4. The second-order valence-electron chi connectivity index (χ2n) is 10.1. The summed E-state index contributed by atoms with van der Waals surface area (Å²) >= 11 is 0. The molecule has 1 unspecified atom stereocenters. The van der Waals surface area contributed by atoms with Crippen LogP contribution in [0.4, 0.5) is 0 Å². The van der Waals surface area contributed by atoms with Gasteiger partial charge in [-0.25, -0.2) is 0 Å². The Balaban J connectivity index is 2.67. The molecule has 1 heterocycles. The molecule has 182 valence electrons. The van der Waals surface area contributed by atoms with E-state index < -0.39 is 17.5 Å². The highest BCUT2D eigenvalue weighted by Crippen LogP contribution is 2.11. The molecular weight excluding hydrogens is 400 g/mol. The second-order valence-corrected chi connectivity index (χ2v) is 10.1. The number of hydrogen-bond acceptors (Lipinski definition) is 9. The van der Waals surface area contributed by atoms with E-state index in [4.69, 9.17) is 9.47 Å². The predicted octanol–water partition coefficient (Wildman–Crippen LogP) is 0.170. The van der Waals surface area contributed by atoms with Crippen LogP contribution >= 0.6 is 0 Å². The summed E-state index contributed by atoms with van der Waals surface area (Å²) in [6.07, 6.45) is 0.0461. The fourth-order valence-electron chi connectivity index (χ4n) is 3.35. The average Bonchev–Trinajstić information content (AvgIpc) is 2.58. The van der Waals surface area contributed by atoms with Crippen molar-refractivity contribution in [3.05, 3.63) is 0 Å². The smallest absolute Gasteiger partial charge is 0.320 e. The van der Waals surface area contributed by atoms with Crippen molar-refractivity contribution in [2.45, 2.75) is 59.0 Å². The largest absolute Gasteiger partial charge is 0.459 e. The summed E-state index contributed by atoms with van der Waals surface area (Å²) in [5.74, 6) is -0.236. The van der Waals surface area contributed by atoms with Crippen LogP contribution in [0.15, 0.2) is 0 Å². The average molecular weight is 445 g/mol. The summed E-state index contributed by atoms with van der Waals surface area (Å²) in [6.45, 7) is 18.1. The van der Waals surface area contributed by atoms with Crippen molar-refractivity contribution in [1.82, 2.24) is 20.0 Å². The van der Waals surface area contributed by atoms with Gasteiger partial charge in [0.1, 0.15) is 11.9 Å². The summed E-state index contributed by atoms with van der Waals surface area (Å²) in [5, 5.41) is 13.7. The summed E-state index contributed by atoms with van der Waals surface area (Å²) in [4.78, 5) is 29.7. The number of aliphatic hydroxyl groups is 1. The monoisotopic (exact) mass is 444 g/mol. The molecule has 1 aliphatic rings. The fourth-order valence-corrected chi connectivity index (χ4v) is 3.35. The Morgan fingerprint density at radius 2 is 1.48 bits per heavy atom. The third-order valence-electron chi connectivity index (χ3n) is 4.68. The molecule has 1 saturated heterocycles. The standard InChI is InChI=1S/C22H44N4O5/c1-21(2,3)30-19(28)17-25-9-7-23-8-10-26(18-20(29)31-22(4,5)6)14-12-24(11-13-25)15-16-27/h16,19,23,28H,7-15,17-18H2,1-6H3. The third-order valence-corrected chi connectivity index (χ3v) is 4.68. The van der Waals surface area contributed by atoms with Crippen LogP contribution in [0.25, 0.3) is 0 Å². The lowest BCUT2D eigenvalue weighted by Gasteiger charge is -2.32. The molecule has 0 aromatic rings. The third kappa shape index (κ3) is 14.6. The maximum atomic E-state index is 12.3. The molecule has 9 heteroatoms. The van der Waals surface area contributed by atoms with Gasteiger partial charge in [0.25, 0.3) is 0 Å². The molecule has 0 spiro atoms. The lowest BCUT2D eigenvalue weighted by Crippen LogP contribution is -2.48. The summed E-state index contributed by atoms with van der Waals surface area (Å²) < 4.78 is 11.1. The molecule has 9 nitrogen and oxygen atoms in total. The zero-order valence-electron chi connectivity index (χ0n) is 20.4. The van der Waals surface area contributed by atoms with Crippen LogP contribution < -0.4 is 5.32 Å². The first-order valence-electron chi connectivity index (χ1n) is 11.3. The highest BCUT2D eigenvalue weighted by Gasteiger charge is 2.22. The van der Waals surface area contributed by atoms with E-state index in [9.17, 15) is 14.7 Å². The van der Waals surface area contributed by atoms with E-state index in [1.807, 2.05) is 41.5 Å². The normalized spacial score (nSPS) is 20.5. The quantitative estimate of drug-likeness (QED) is 0.324. The van der Waals surface area contributed by atoms with Gasteiger partial charge in [0.05, 0.1) is 18.7 Å². The number of aliphatic hydroxyl groups excluding tert-OH is 1. The SMILES string of the molecule is CC(C)(C)OC(=O)CN1CCNCCN(CC(O)OC(C)(C)C)CCN(CC=O)CC1. The van der Waals surface area contributed by atoms with E-state index in [1.54, 1.807) is 0 Å². The Bertz CT molecular complexity index is 533. The molecule has 2 N–H and O–H groups in total. The number of carbonyl (C=O) groups is 2. The van der Waals surface area contributed by atoms with Crippen LogP contribution in [0.3, 0.4) is 0 Å². The fraction of sp³-hybridized carbons (Fsp3) is 0.909. The number of nitrogens with zero attached hydrogens (tertiary/aromatic N) is 3. The number of nitrogens with one attached hydrogen (secondary N) is 1. The van der Waals surface area contributed by atoms with Gasteiger partial charge in [-0.3, -0.25) is 19.5 Å². The Kier molecular flexibility index (Phi) is 12.1. The van der Waals surface area contributed by atoms with Gasteiger partial charge in [-0.1, -0.05) is 0 Å². The number of rotatable bonds is 7. The Morgan fingerprint density at radius 1 is 0.935 bits per heavy atom. The van der Waals surface area contributed by atoms with E-state index in [-0.39, 0.29) is 12.5 Å². The minimum absolute atomic E-state index is 0.232. The van der Waals surface area contributed by atoms with Crippen molar-refractivity contribution in [3.8, 4) is 0 Å². The molecule has 1 atom stereocenters. The molecule has 0 saturated carbocycles. The number of hydrogen-bond donors (Lipinski definition) is 2. The number of esters is 1. The Labute approximate surface area is 188 Å². The van der Waals surface area contributed by atoms with Crippen LogP contribution in [-0.2, 0) is 19.1 Å². The minimum Gasteiger partial charge on any atom is -0.459 e. The van der Waals surface area contributed by atoms with Crippen LogP contribution in [0.1, 0.15) is 41.5 Å². The number of aldehydes is 1. The summed E-state index contributed by atoms with van der Waals surface area (Å²) in [6, 6.07) is 0. The van der Waals surface area contributed by atoms with Gasteiger partial charge >= 0.3 is 5.97 Å². The number of β-amino-alcohol motifs (C(OH)–C–C–N with tert-alkyl or cyclic N) is 1. The predicted molar refractivity (Wildman–Crippen MR) is 121 cm³/mol. The molecular formula is C22H44N4O5. The van der Waals surface area contributed by atoms with Gasteiger partial charge in [-0.2, -0.15) is 0 Å². The second kappa shape index (κ2) is 13.4. The van der Waals surface area contributed by atoms with E-state index in [0.29, 0.717) is 45.8 Å². The van der Waals surface area contributed by atoms with Crippen molar-refractivity contribution >= 4 is 12.3 Å². The highest BCUT2D eigenvalue weighted by molar-refractivity contribution is 5.72. The van der Waals surface area contributed by atoms with Gasteiger partial charge in [-0.15, -0.1) is 0 Å².